The van der Waals surface area contributed by atoms with Crippen LogP contribution in [0.4, 0.5) is 11.4 Å². The van der Waals surface area contributed by atoms with Crippen LogP contribution in [-0.4, -0.2) is 11.6 Å². The van der Waals surface area contributed by atoms with Crippen molar-refractivity contribution in [1.29, 1.82) is 0 Å². The topological polar surface area (TPSA) is 95.4 Å². The number of nitrogens with two attached hydrogens (primary N) is 2. The Balaban J connectivity index is 1.93. The van der Waals surface area contributed by atoms with Gasteiger partial charge in [-0.15, -0.1) is 0 Å². The van der Waals surface area contributed by atoms with Gasteiger partial charge in [-0.2, -0.15) is 0 Å². The van der Waals surface area contributed by atoms with Crippen LogP contribution in [0.1, 0.15) is 37.4 Å². The number of aryl methyl sites for hydroxylation is 1. The standard InChI is InChI=1S/C21H15ClN2O3/c1-10-6-8-11(9-7-10)27-21-16(22)17(23)14-15(18(21)24)20(26)13-5-3-2-4-12(13)19(14)25/h2-9H,23-24H2,1H3. The molecule has 0 atom stereocenters. The molecule has 5 nitrogen and oxygen atoms in total. The Morgan fingerprint density at radius 3 is 1.89 bits per heavy atom. The van der Waals surface area contributed by atoms with Gasteiger partial charge in [0.1, 0.15) is 10.8 Å². The highest BCUT2D eigenvalue weighted by molar-refractivity contribution is 6.40. The molecule has 0 unspecified atom stereocenters. The van der Waals surface area contributed by atoms with Crippen LogP contribution in [0.25, 0.3) is 0 Å². The lowest BCUT2D eigenvalue weighted by Gasteiger charge is -2.23. The predicted molar refractivity (Wildman–Crippen MR) is 105 cm³/mol. The lowest BCUT2D eigenvalue weighted by atomic mass is 9.82. The molecule has 0 saturated carbocycles. The van der Waals surface area contributed by atoms with Gasteiger partial charge in [-0.3, -0.25) is 9.59 Å². The van der Waals surface area contributed by atoms with Gasteiger partial charge in [0.05, 0.1) is 22.5 Å². The van der Waals surface area contributed by atoms with Gasteiger partial charge in [0.25, 0.3) is 0 Å². The van der Waals surface area contributed by atoms with E-state index in [-0.39, 0.29) is 56.0 Å². The van der Waals surface area contributed by atoms with Gasteiger partial charge in [-0.1, -0.05) is 53.6 Å². The molecule has 4 rings (SSSR count). The number of carbonyl (C=O) groups excluding carboxylic acids is 2. The third kappa shape index (κ3) is 2.55. The zero-order valence-corrected chi connectivity index (χ0v) is 15.1. The molecule has 4 N–H and O–H groups in total. The summed E-state index contributed by atoms with van der Waals surface area (Å²) in [7, 11) is 0. The second-order valence-corrected chi connectivity index (χ2v) is 6.72. The molecule has 0 aromatic heterocycles. The second-order valence-electron chi connectivity index (χ2n) is 6.34. The van der Waals surface area contributed by atoms with Gasteiger partial charge in [-0.25, -0.2) is 0 Å². The number of hydrogen-bond acceptors (Lipinski definition) is 5. The maximum Gasteiger partial charge on any atom is 0.196 e. The Labute approximate surface area is 160 Å². The molecule has 0 bridgehead atoms. The second kappa shape index (κ2) is 6.14. The maximum atomic E-state index is 13.0. The van der Waals surface area contributed by atoms with E-state index >= 15 is 0 Å². The first kappa shape index (κ1) is 17.1. The number of carbonyl (C=O) groups is 2. The molecular formula is C21H15ClN2O3. The lowest BCUT2D eigenvalue weighted by molar-refractivity contribution is 0.0980. The minimum absolute atomic E-state index is 0.00220. The number of ketones is 2. The van der Waals surface area contributed by atoms with Crippen molar-refractivity contribution in [2.45, 2.75) is 6.92 Å². The summed E-state index contributed by atoms with van der Waals surface area (Å²) >= 11 is 6.36. The quantitative estimate of drug-likeness (QED) is 0.504. The minimum atomic E-state index is -0.381. The van der Waals surface area contributed by atoms with Crippen LogP contribution in [0.15, 0.2) is 48.5 Å². The highest BCUT2D eigenvalue weighted by Crippen LogP contribution is 2.46. The van der Waals surface area contributed by atoms with Crippen LogP contribution in [0.3, 0.4) is 0 Å². The van der Waals surface area contributed by atoms with Crippen molar-refractivity contribution in [2.75, 3.05) is 11.5 Å². The number of ether oxygens (including phenoxy) is 1. The minimum Gasteiger partial charge on any atom is -0.454 e. The highest BCUT2D eigenvalue weighted by Gasteiger charge is 2.36. The van der Waals surface area contributed by atoms with E-state index in [0.717, 1.165) is 5.56 Å². The van der Waals surface area contributed by atoms with E-state index in [1.54, 1.807) is 36.4 Å². The molecule has 3 aromatic rings. The van der Waals surface area contributed by atoms with Gasteiger partial charge in [0.2, 0.25) is 0 Å². The Kier molecular flexibility index (Phi) is 3.89. The molecule has 0 spiro atoms. The van der Waals surface area contributed by atoms with Crippen molar-refractivity contribution < 1.29 is 14.3 Å². The first-order chi connectivity index (χ1) is 12.9. The van der Waals surface area contributed by atoms with Crippen molar-refractivity contribution >= 4 is 34.5 Å². The molecule has 27 heavy (non-hydrogen) atoms. The Morgan fingerprint density at radius 2 is 1.33 bits per heavy atom. The molecule has 1 aliphatic rings. The van der Waals surface area contributed by atoms with Crippen LogP contribution in [0.5, 0.6) is 11.5 Å². The van der Waals surface area contributed by atoms with Gasteiger partial charge in [0.15, 0.2) is 17.3 Å². The molecule has 1 aliphatic carbocycles. The fourth-order valence-corrected chi connectivity index (χ4v) is 3.41. The first-order valence-corrected chi connectivity index (χ1v) is 8.61. The average molecular weight is 379 g/mol. The zero-order chi connectivity index (χ0) is 19.3. The van der Waals surface area contributed by atoms with Crippen molar-refractivity contribution in [3.63, 3.8) is 0 Å². The predicted octanol–water partition coefficient (Wildman–Crippen LogP) is 4.38. The average Bonchev–Trinajstić information content (AvgIpc) is 2.67. The summed E-state index contributed by atoms with van der Waals surface area (Å²) in [6.07, 6.45) is 0. The molecule has 0 radical (unpaired) electrons. The number of hydrogen-bond donors (Lipinski definition) is 2. The molecule has 0 heterocycles. The monoisotopic (exact) mass is 378 g/mol. The van der Waals surface area contributed by atoms with Crippen molar-refractivity contribution in [3.05, 3.63) is 81.4 Å². The van der Waals surface area contributed by atoms with Crippen LogP contribution in [0.2, 0.25) is 5.02 Å². The van der Waals surface area contributed by atoms with E-state index in [9.17, 15) is 9.59 Å². The number of nitrogen functional groups attached to an aromatic ring is 2. The van der Waals surface area contributed by atoms with Crippen LogP contribution in [-0.2, 0) is 0 Å². The summed E-state index contributed by atoms with van der Waals surface area (Å²) in [5, 5.41) is 0.00681. The fourth-order valence-electron chi connectivity index (χ4n) is 3.18. The van der Waals surface area contributed by atoms with E-state index < -0.39 is 0 Å². The Morgan fingerprint density at radius 1 is 0.815 bits per heavy atom. The summed E-state index contributed by atoms with van der Waals surface area (Å²) in [5.41, 5.74) is 14.0. The maximum absolute atomic E-state index is 13.0. The molecule has 134 valence electrons. The SMILES string of the molecule is Cc1ccc(Oc2c(N)c3c(c(N)c2Cl)C(=O)c2ccccc2C3=O)cc1. The molecule has 0 aliphatic heterocycles. The van der Waals surface area contributed by atoms with E-state index in [1.807, 2.05) is 19.1 Å². The number of benzene rings is 3. The fraction of sp³-hybridized carbons (Fsp3) is 0.0476. The molecule has 0 fully saturated rings. The summed E-state index contributed by atoms with van der Waals surface area (Å²) in [5.74, 6) is -0.205. The van der Waals surface area contributed by atoms with Crippen LogP contribution in [0, 0.1) is 6.92 Å². The number of fused-ring (bicyclic) bond motifs is 2. The summed E-state index contributed by atoms with van der Waals surface area (Å²) in [6, 6.07) is 13.8. The van der Waals surface area contributed by atoms with Gasteiger partial charge >= 0.3 is 0 Å². The van der Waals surface area contributed by atoms with Gasteiger partial charge < -0.3 is 16.2 Å². The zero-order valence-electron chi connectivity index (χ0n) is 14.4. The third-order valence-electron chi connectivity index (χ3n) is 4.58. The highest BCUT2D eigenvalue weighted by atomic mass is 35.5. The number of halogens is 1. The van der Waals surface area contributed by atoms with E-state index in [4.69, 9.17) is 27.8 Å². The summed E-state index contributed by atoms with van der Waals surface area (Å²) < 4.78 is 5.81. The summed E-state index contributed by atoms with van der Waals surface area (Å²) in [4.78, 5) is 25.9. The summed E-state index contributed by atoms with van der Waals surface area (Å²) in [6.45, 7) is 1.95. The molecule has 0 amide bonds. The number of anilines is 2. The van der Waals surface area contributed by atoms with E-state index in [0.29, 0.717) is 5.75 Å². The van der Waals surface area contributed by atoms with Crippen molar-refractivity contribution in [1.82, 2.24) is 0 Å². The van der Waals surface area contributed by atoms with Gasteiger partial charge in [0, 0.05) is 11.1 Å². The Hall–Kier alpha value is -3.31. The smallest absolute Gasteiger partial charge is 0.196 e. The molecule has 0 saturated heterocycles. The van der Waals surface area contributed by atoms with E-state index in [1.165, 1.54) is 0 Å². The third-order valence-corrected chi connectivity index (χ3v) is 4.96. The first-order valence-electron chi connectivity index (χ1n) is 8.23. The van der Waals surface area contributed by atoms with Crippen LogP contribution < -0.4 is 16.2 Å². The Bertz CT molecular complexity index is 1120. The largest absolute Gasteiger partial charge is 0.454 e. The number of rotatable bonds is 2. The van der Waals surface area contributed by atoms with Crippen molar-refractivity contribution in [2.24, 2.45) is 0 Å². The molecule has 3 aromatic carbocycles. The lowest BCUT2D eigenvalue weighted by Crippen LogP contribution is -2.24. The molecular weight excluding hydrogens is 364 g/mol. The van der Waals surface area contributed by atoms with Crippen molar-refractivity contribution in [3.8, 4) is 11.5 Å². The normalized spacial score (nSPS) is 12.5. The van der Waals surface area contributed by atoms with E-state index in [2.05, 4.69) is 0 Å². The van der Waals surface area contributed by atoms with Gasteiger partial charge in [-0.05, 0) is 19.1 Å². The molecule has 6 heteroatoms. The van der Waals surface area contributed by atoms with Crippen LogP contribution >= 0.6 is 11.6 Å².